The van der Waals surface area contributed by atoms with E-state index in [2.05, 4.69) is 10.3 Å². The lowest BCUT2D eigenvalue weighted by molar-refractivity contribution is -0.136. The van der Waals surface area contributed by atoms with Crippen molar-refractivity contribution in [3.05, 3.63) is 53.0 Å². The Hall–Kier alpha value is -2.38. The highest BCUT2D eigenvalue weighted by Crippen LogP contribution is 2.43. The largest absolute Gasteiger partial charge is 0.480 e. The summed E-state index contributed by atoms with van der Waals surface area (Å²) in [6.07, 6.45) is 2.43. The minimum Gasteiger partial charge on any atom is -0.480 e. The molecule has 1 atom stereocenters. The molecule has 0 radical (unpaired) electrons. The molecule has 1 fully saturated rings. The molecule has 1 aliphatic rings. The van der Waals surface area contributed by atoms with Gasteiger partial charge in [-0.1, -0.05) is 12.1 Å². The van der Waals surface area contributed by atoms with Crippen molar-refractivity contribution >= 4 is 50.9 Å². The van der Waals surface area contributed by atoms with Gasteiger partial charge in [-0.3, -0.25) is 9.59 Å². The van der Waals surface area contributed by atoms with Gasteiger partial charge in [0.15, 0.2) is 0 Å². The van der Waals surface area contributed by atoms with Crippen LogP contribution < -0.4 is 5.32 Å². The molecule has 4 rings (SSSR count). The van der Waals surface area contributed by atoms with Crippen LogP contribution in [0, 0.1) is 0 Å². The molecule has 2 N–H and O–H groups in total. The molecule has 7 heteroatoms. The van der Waals surface area contributed by atoms with E-state index >= 15 is 0 Å². The molecule has 0 saturated heterocycles. The summed E-state index contributed by atoms with van der Waals surface area (Å²) in [5, 5.41) is 12.6. The molecule has 0 bridgehead atoms. The van der Waals surface area contributed by atoms with Gasteiger partial charge in [-0.05, 0) is 50.1 Å². The van der Waals surface area contributed by atoms with Crippen LogP contribution in [0.2, 0.25) is 0 Å². The zero-order valence-corrected chi connectivity index (χ0v) is 16.3. The van der Waals surface area contributed by atoms with Crippen LogP contribution in [-0.2, 0) is 4.79 Å². The van der Waals surface area contributed by atoms with E-state index in [1.54, 1.807) is 42.5 Å². The normalized spacial score (nSPS) is 14.9. The van der Waals surface area contributed by atoms with Gasteiger partial charge in [-0.25, -0.2) is 4.98 Å². The molecule has 0 spiro atoms. The Labute approximate surface area is 164 Å². The number of nitrogens with zero attached hydrogens (tertiary/aromatic N) is 1. The SMILES string of the molecule is CC(Sc1ccccc1C(=O)Nc1ccc2nc(C3CC3)sc2c1)C(=O)O. The van der Waals surface area contributed by atoms with Crippen LogP contribution in [0.5, 0.6) is 0 Å². The van der Waals surface area contributed by atoms with Crippen molar-refractivity contribution in [1.82, 2.24) is 4.98 Å². The van der Waals surface area contributed by atoms with Gasteiger partial charge in [0.1, 0.15) is 5.25 Å². The number of thioether (sulfide) groups is 1. The van der Waals surface area contributed by atoms with Crippen molar-refractivity contribution in [3.8, 4) is 0 Å². The molecule has 1 amide bonds. The van der Waals surface area contributed by atoms with Crippen molar-refractivity contribution in [2.24, 2.45) is 0 Å². The minimum atomic E-state index is -0.905. The molecular weight excluding hydrogens is 380 g/mol. The lowest BCUT2D eigenvalue weighted by atomic mass is 10.2. The number of thiazole rings is 1. The number of fused-ring (bicyclic) bond motifs is 1. The summed E-state index contributed by atoms with van der Waals surface area (Å²) in [5.74, 6) is -0.542. The third-order valence-electron chi connectivity index (χ3n) is 4.37. The van der Waals surface area contributed by atoms with Gasteiger partial charge in [0.25, 0.3) is 5.91 Å². The molecule has 1 unspecified atom stereocenters. The fourth-order valence-electron chi connectivity index (χ4n) is 2.72. The lowest BCUT2D eigenvalue weighted by Gasteiger charge is -2.12. The maximum absolute atomic E-state index is 12.8. The number of aliphatic carboxylic acids is 1. The summed E-state index contributed by atoms with van der Waals surface area (Å²) in [5.41, 5.74) is 2.15. The zero-order valence-electron chi connectivity index (χ0n) is 14.6. The molecular formula is C20H18N2O3S2. The quantitative estimate of drug-likeness (QED) is 0.572. The van der Waals surface area contributed by atoms with E-state index in [9.17, 15) is 9.59 Å². The van der Waals surface area contributed by atoms with Gasteiger partial charge in [0.05, 0.1) is 20.8 Å². The number of amides is 1. The number of carbonyl (C=O) groups excluding carboxylic acids is 1. The van der Waals surface area contributed by atoms with Crippen LogP contribution in [0.3, 0.4) is 0 Å². The van der Waals surface area contributed by atoms with Crippen LogP contribution in [0.25, 0.3) is 10.2 Å². The standard InChI is InChI=1S/C20H18N2O3S2/c1-11(20(24)25)26-16-5-3-2-4-14(16)18(23)21-13-8-9-15-17(10-13)27-19(22-15)12-6-7-12/h2-5,8-12H,6-7H2,1H3,(H,21,23)(H,24,25). The monoisotopic (exact) mass is 398 g/mol. The van der Waals surface area contributed by atoms with E-state index in [4.69, 9.17) is 5.11 Å². The second kappa shape index (κ2) is 7.32. The number of carbonyl (C=O) groups is 2. The van der Waals surface area contributed by atoms with E-state index < -0.39 is 11.2 Å². The van der Waals surface area contributed by atoms with Gasteiger partial charge in [0, 0.05) is 16.5 Å². The predicted molar refractivity (Wildman–Crippen MR) is 109 cm³/mol. The maximum Gasteiger partial charge on any atom is 0.316 e. The molecule has 0 aliphatic heterocycles. The molecule has 1 aromatic heterocycles. The van der Waals surface area contributed by atoms with Crippen molar-refractivity contribution in [3.63, 3.8) is 0 Å². The summed E-state index contributed by atoms with van der Waals surface area (Å²) in [7, 11) is 0. The second-order valence-corrected chi connectivity index (χ2v) is 9.00. The molecule has 138 valence electrons. The summed E-state index contributed by atoms with van der Waals surface area (Å²) >= 11 is 2.85. The zero-order chi connectivity index (χ0) is 19.0. The number of benzene rings is 2. The average Bonchev–Trinajstić information content (AvgIpc) is 3.41. The minimum absolute atomic E-state index is 0.248. The Morgan fingerprint density at radius 3 is 2.78 bits per heavy atom. The van der Waals surface area contributed by atoms with Crippen LogP contribution in [-0.4, -0.2) is 27.2 Å². The highest BCUT2D eigenvalue weighted by atomic mass is 32.2. The number of carboxylic acids is 1. The summed E-state index contributed by atoms with van der Waals surface area (Å²) in [6, 6.07) is 12.8. The third kappa shape index (κ3) is 3.99. The van der Waals surface area contributed by atoms with Gasteiger partial charge >= 0.3 is 5.97 Å². The van der Waals surface area contributed by atoms with Crippen molar-refractivity contribution in [2.45, 2.75) is 35.8 Å². The molecule has 1 aliphatic carbocycles. The number of hydrogen-bond acceptors (Lipinski definition) is 5. The maximum atomic E-state index is 12.8. The molecule has 5 nitrogen and oxygen atoms in total. The van der Waals surface area contributed by atoms with E-state index in [1.807, 2.05) is 18.2 Å². The third-order valence-corrected chi connectivity index (χ3v) is 6.72. The van der Waals surface area contributed by atoms with Crippen molar-refractivity contribution in [2.75, 3.05) is 5.32 Å². The smallest absolute Gasteiger partial charge is 0.316 e. The first-order valence-electron chi connectivity index (χ1n) is 8.71. The Balaban J connectivity index is 1.55. The Morgan fingerprint density at radius 2 is 2.04 bits per heavy atom. The summed E-state index contributed by atoms with van der Waals surface area (Å²) in [6.45, 7) is 1.61. The van der Waals surface area contributed by atoms with Crippen LogP contribution in [0.4, 0.5) is 5.69 Å². The van der Waals surface area contributed by atoms with Crippen molar-refractivity contribution in [1.29, 1.82) is 0 Å². The number of nitrogens with one attached hydrogen (secondary N) is 1. The van der Waals surface area contributed by atoms with Crippen LogP contribution in [0.15, 0.2) is 47.4 Å². The van der Waals surface area contributed by atoms with Gasteiger partial charge < -0.3 is 10.4 Å². The Bertz CT molecular complexity index is 1030. The van der Waals surface area contributed by atoms with Gasteiger partial charge in [-0.15, -0.1) is 23.1 Å². The summed E-state index contributed by atoms with van der Waals surface area (Å²) in [4.78, 5) is 29.2. The highest BCUT2D eigenvalue weighted by Gasteiger charge is 2.27. The fourth-order valence-corrected chi connectivity index (χ4v) is 4.82. The van der Waals surface area contributed by atoms with E-state index in [-0.39, 0.29) is 5.91 Å². The number of hydrogen-bond donors (Lipinski definition) is 2. The van der Waals surface area contributed by atoms with E-state index in [1.165, 1.54) is 17.8 Å². The van der Waals surface area contributed by atoms with E-state index in [0.717, 1.165) is 22.0 Å². The molecule has 2 aromatic carbocycles. The van der Waals surface area contributed by atoms with Gasteiger partial charge in [-0.2, -0.15) is 0 Å². The molecule has 3 aromatic rings. The Kier molecular flexibility index (Phi) is 4.88. The van der Waals surface area contributed by atoms with Crippen LogP contribution >= 0.6 is 23.1 Å². The Morgan fingerprint density at radius 1 is 1.26 bits per heavy atom. The first kappa shape index (κ1) is 18.0. The molecule has 1 heterocycles. The first-order valence-corrected chi connectivity index (χ1v) is 10.4. The second-order valence-electron chi connectivity index (χ2n) is 6.56. The fraction of sp³-hybridized carbons (Fsp3) is 0.250. The average molecular weight is 399 g/mol. The molecule has 27 heavy (non-hydrogen) atoms. The van der Waals surface area contributed by atoms with E-state index in [0.29, 0.717) is 22.1 Å². The number of rotatable bonds is 6. The number of carboxylic acid groups (broad SMARTS) is 1. The molecule has 1 saturated carbocycles. The number of anilines is 1. The highest BCUT2D eigenvalue weighted by molar-refractivity contribution is 8.00. The number of aromatic nitrogens is 1. The van der Waals surface area contributed by atoms with Gasteiger partial charge in [0.2, 0.25) is 0 Å². The van der Waals surface area contributed by atoms with Crippen molar-refractivity contribution < 1.29 is 14.7 Å². The van der Waals surface area contributed by atoms with Crippen LogP contribution in [0.1, 0.15) is 41.0 Å². The summed E-state index contributed by atoms with van der Waals surface area (Å²) < 4.78 is 1.07. The predicted octanol–water partition coefficient (Wildman–Crippen LogP) is 4.99. The first-order chi connectivity index (χ1) is 13.0. The lowest BCUT2D eigenvalue weighted by Crippen LogP contribution is -2.15. The topological polar surface area (TPSA) is 79.3 Å².